The van der Waals surface area contributed by atoms with E-state index < -0.39 is 17.6 Å². The maximum atomic E-state index is 13.1. The van der Waals surface area contributed by atoms with Crippen LogP contribution < -0.4 is 4.74 Å². The molecule has 19 heavy (non-hydrogen) atoms. The molecule has 0 aliphatic rings. The number of hydrogen-bond acceptors (Lipinski definition) is 2. The van der Waals surface area contributed by atoms with Crippen molar-refractivity contribution in [2.45, 2.75) is 0 Å². The van der Waals surface area contributed by atoms with E-state index >= 15 is 0 Å². The molecule has 2 rings (SSSR count). The van der Waals surface area contributed by atoms with E-state index in [9.17, 15) is 13.6 Å². The monoisotopic (exact) mass is 264 g/mol. The lowest BCUT2D eigenvalue weighted by Gasteiger charge is -2.08. The van der Waals surface area contributed by atoms with Crippen molar-refractivity contribution >= 4 is 5.97 Å². The van der Waals surface area contributed by atoms with Crippen molar-refractivity contribution in [1.29, 1.82) is 0 Å². The number of halogens is 2. The molecular formula is C14H10F2O3. The van der Waals surface area contributed by atoms with Gasteiger partial charge >= 0.3 is 5.97 Å². The van der Waals surface area contributed by atoms with E-state index in [1.54, 1.807) is 0 Å². The van der Waals surface area contributed by atoms with Gasteiger partial charge in [0.05, 0.1) is 7.11 Å². The fourth-order valence-corrected chi connectivity index (χ4v) is 1.77. The molecule has 1 N–H and O–H groups in total. The number of carboxylic acid groups (broad SMARTS) is 1. The van der Waals surface area contributed by atoms with Crippen molar-refractivity contribution < 1.29 is 23.4 Å². The molecule has 0 saturated carbocycles. The first-order valence-corrected chi connectivity index (χ1v) is 5.39. The third-order valence-electron chi connectivity index (χ3n) is 2.63. The van der Waals surface area contributed by atoms with E-state index in [1.165, 1.54) is 25.3 Å². The summed E-state index contributed by atoms with van der Waals surface area (Å²) >= 11 is 0. The molecule has 0 spiro atoms. The number of rotatable bonds is 3. The molecule has 0 aliphatic heterocycles. The van der Waals surface area contributed by atoms with Crippen LogP contribution >= 0.6 is 0 Å². The highest BCUT2D eigenvalue weighted by Gasteiger charge is 2.12. The van der Waals surface area contributed by atoms with Crippen LogP contribution in [0.25, 0.3) is 11.1 Å². The Kier molecular flexibility index (Phi) is 3.46. The van der Waals surface area contributed by atoms with Crippen molar-refractivity contribution in [3.63, 3.8) is 0 Å². The molecule has 0 amide bonds. The summed E-state index contributed by atoms with van der Waals surface area (Å²) in [5.74, 6) is -2.39. The standard InChI is InChI=1S/C14H10F2O3/c1-19-13-6-8(2-3-12(13)14(17)18)9-4-10(15)7-11(16)5-9/h2-7H,1H3,(H,17,18). The van der Waals surface area contributed by atoms with Gasteiger partial charge < -0.3 is 9.84 Å². The fraction of sp³-hybridized carbons (Fsp3) is 0.0714. The number of methoxy groups -OCH3 is 1. The van der Waals surface area contributed by atoms with E-state index in [-0.39, 0.29) is 11.3 Å². The average Bonchev–Trinajstić information content (AvgIpc) is 2.36. The highest BCUT2D eigenvalue weighted by molar-refractivity contribution is 5.92. The smallest absolute Gasteiger partial charge is 0.339 e. The van der Waals surface area contributed by atoms with Gasteiger partial charge in [-0.25, -0.2) is 13.6 Å². The van der Waals surface area contributed by atoms with E-state index in [4.69, 9.17) is 9.84 Å². The number of carboxylic acids is 1. The lowest BCUT2D eigenvalue weighted by atomic mass is 10.0. The summed E-state index contributed by atoms with van der Waals surface area (Å²) in [6.07, 6.45) is 0. The summed E-state index contributed by atoms with van der Waals surface area (Å²) in [5, 5.41) is 8.95. The number of hydrogen-bond donors (Lipinski definition) is 1. The van der Waals surface area contributed by atoms with Gasteiger partial charge in [-0.15, -0.1) is 0 Å². The predicted molar refractivity (Wildman–Crippen MR) is 65.3 cm³/mol. The quantitative estimate of drug-likeness (QED) is 0.924. The van der Waals surface area contributed by atoms with Gasteiger partial charge in [0.15, 0.2) is 0 Å². The second kappa shape index (κ2) is 5.06. The molecule has 0 unspecified atom stereocenters. The van der Waals surface area contributed by atoms with E-state index in [2.05, 4.69) is 0 Å². The number of carbonyl (C=O) groups is 1. The molecule has 0 fully saturated rings. The molecule has 0 radical (unpaired) electrons. The van der Waals surface area contributed by atoms with Crippen LogP contribution in [0.1, 0.15) is 10.4 Å². The highest BCUT2D eigenvalue weighted by Crippen LogP contribution is 2.28. The van der Waals surface area contributed by atoms with Gasteiger partial charge in [0.2, 0.25) is 0 Å². The Hall–Kier alpha value is -2.43. The highest BCUT2D eigenvalue weighted by atomic mass is 19.1. The molecule has 0 aromatic heterocycles. The summed E-state index contributed by atoms with van der Waals surface area (Å²) in [6, 6.07) is 7.33. The second-order valence-corrected chi connectivity index (χ2v) is 3.88. The molecule has 0 atom stereocenters. The summed E-state index contributed by atoms with van der Waals surface area (Å²) in [4.78, 5) is 10.9. The van der Waals surface area contributed by atoms with Crippen molar-refractivity contribution in [2.75, 3.05) is 7.11 Å². The van der Waals surface area contributed by atoms with Crippen LogP contribution in [0.5, 0.6) is 5.75 Å². The van der Waals surface area contributed by atoms with Crippen molar-refractivity contribution in [3.05, 3.63) is 53.6 Å². The van der Waals surface area contributed by atoms with Crippen LogP contribution in [0, 0.1) is 11.6 Å². The minimum Gasteiger partial charge on any atom is -0.496 e. The number of aromatic carboxylic acids is 1. The van der Waals surface area contributed by atoms with Crippen LogP contribution in [0.15, 0.2) is 36.4 Å². The zero-order chi connectivity index (χ0) is 14.0. The normalized spacial score (nSPS) is 10.3. The summed E-state index contributed by atoms with van der Waals surface area (Å²) < 4.78 is 31.2. The van der Waals surface area contributed by atoms with E-state index in [0.29, 0.717) is 11.1 Å². The Labute approximate surface area is 108 Å². The van der Waals surface area contributed by atoms with Gasteiger partial charge in [-0.1, -0.05) is 6.07 Å². The maximum absolute atomic E-state index is 13.1. The summed E-state index contributed by atoms with van der Waals surface area (Å²) in [5.41, 5.74) is 0.774. The molecule has 98 valence electrons. The first kappa shape index (κ1) is 13.0. The third kappa shape index (κ3) is 2.70. The predicted octanol–water partition coefficient (Wildman–Crippen LogP) is 3.34. The van der Waals surface area contributed by atoms with Crippen LogP contribution in [0.4, 0.5) is 8.78 Å². The van der Waals surface area contributed by atoms with Gasteiger partial charge in [-0.05, 0) is 35.4 Å². The summed E-state index contributed by atoms with van der Waals surface area (Å²) in [7, 11) is 1.33. The first-order chi connectivity index (χ1) is 9.01. The Morgan fingerprint density at radius 1 is 1.05 bits per heavy atom. The minimum atomic E-state index is -1.13. The Morgan fingerprint density at radius 2 is 1.68 bits per heavy atom. The lowest BCUT2D eigenvalue weighted by molar-refractivity contribution is 0.0693. The molecule has 3 nitrogen and oxygen atoms in total. The maximum Gasteiger partial charge on any atom is 0.339 e. The molecule has 2 aromatic carbocycles. The van der Waals surface area contributed by atoms with Gasteiger partial charge in [-0.2, -0.15) is 0 Å². The number of benzene rings is 2. The molecular weight excluding hydrogens is 254 g/mol. The van der Waals surface area contributed by atoms with Gasteiger partial charge in [0.1, 0.15) is 22.9 Å². The van der Waals surface area contributed by atoms with Gasteiger partial charge in [0, 0.05) is 6.07 Å². The fourth-order valence-electron chi connectivity index (χ4n) is 1.77. The van der Waals surface area contributed by atoms with Crippen LogP contribution in [-0.4, -0.2) is 18.2 Å². The third-order valence-corrected chi connectivity index (χ3v) is 2.63. The molecule has 5 heteroatoms. The van der Waals surface area contributed by atoms with Crippen LogP contribution in [0.3, 0.4) is 0 Å². The van der Waals surface area contributed by atoms with E-state index in [1.807, 2.05) is 0 Å². The average molecular weight is 264 g/mol. The van der Waals surface area contributed by atoms with Gasteiger partial charge in [-0.3, -0.25) is 0 Å². The Balaban J connectivity index is 2.54. The van der Waals surface area contributed by atoms with Crippen molar-refractivity contribution in [3.8, 4) is 16.9 Å². The molecule has 0 bridgehead atoms. The molecule has 0 aliphatic carbocycles. The largest absolute Gasteiger partial charge is 0.496 e. The second-order valence-electron chi connectivity index (χ2n) is 3.88. The Morgan fingerprint density at radius 3 is 2.21 bits per heavy atom. The topological polar surface area (TPSA) is 46.5 Å². The molecule has 0 heterocycles. The SMILES string of the molecule is COc1cc(-c2cc(F)cc(F)c2)ccc1C(=O)O. The number of ether oxygens (including phenoxy) is 1. The zero-order valence-corrected chi connectivity index (χ0v) is 9.98. The van der Waals surface area contributed by atoms with E-state index in [0.717, 1.165) is 18.2 Å². The van der Waals surface area contributed by atoms with Crippen molar-refractivity contribution in [1.82, 2.24) is 0 Å². The zero-order valence-electron chi connectivity index (χ0n) is 9.98. The lowest BCUT2D eigenvalue weighted by Crippen LogP contribution is -2.00. The molecule has 0 saturated heterocycles. The van der Waals surface area contributed by atoms with Crippen molar-refractivity contribution in [2.24, 2.45) is 0 Å². The van der Waals surface area contributed by atoms with Crippen LogP contribution in [-0.2, 0) is 0 Å². The first-order valence-electron chi connectivity index (χ1n) is 5.39. The Bertz CT molecular complexity index is 618. The van der Waals surface area contributed by atoms with Crippen LogP contribution in [0.2, 0.25) is 0 Å². The van der Waals surface area contributed by atoms with Gasteiger partial charge in [0.25, 0.3) is 0 Å². The molecule has 2 aromatic rings. The minimum absolute atomic E-state index is 0.0110. The summed E-state index contributed by atoms with van der Waals surface area (Å²) in [6.45, 7) is 0.